The van der Waals surface area contributed by atoms with Crippen molar-refractivity contribution >= 4 is 27.9 Å². The minimum Gasteiger partial charge on any atom is -0.740 e. The Morgan fingerprint density at radius 3 is 2.36 bits per heavy atom. The molecule has 0 spiro atoms. The summed E-state index contributed by atoms with van der Waals surface area (Å²) in [6.45, 7) is 0.647. The van der Waals surface area contributed by atoms with E-state index in [2.05, 4.69) is 26.8 Å². The molecule has 13 heteroatoms. The summed E-state index contributed by atoms with van der Waals surface area (Å²) in [5.41, 5.74) is 4.95. The number of fused-ring (bicyclic) bond motifs is 2. The normalized spacial score (nSPS) is 18.1. The summed E-state index contributed by atoms with van der Waals surface area (Å²) in [5.74, 6) is -0.250. The Kier molecular flexibility index (Phi) is 5.70. The zero-order valence-corrected chi connectivity index (χ0v) is 19.2. The molecule has 1 aliphatic heterocycles. The third-order valence-electron chi connectivity index (χ3n) is 6.55. The van der Waals surface area contributed by atoms with E-state index >= 15 is 0 Å². The maximum Gasteiger partial charge on any atom is 0.326 e. The second-order valence-electron chi connectivity index (χ2n) is 8.62. The number of amides is 2. The average molecular weight is 477 g/mol. The molecular weight excluding hydrogens is 450 g/mol. The second kappa shape index (κ2) is 8.54. The number of rotatable bonds is 5. The van der Waals surface area contributed by atoms with Crippen LogP contribution in [0.1, 0.15) is 47.9 Å². The first kappa shape index (κ1) is 22.0. The molecule has 12 nitrogen and oxygen atoms in total. The van der Waals surface area contributed by atoms with Crippen molar-refractivity contribution in [2.24, 2.45) is 7.05 Å². The Bertz CT molecular complexity index is 1140. The fourth-order valence-electron chi connectivity index (χ4n) is 5.04. The number of hydrogen-bond acceptors (Lipinski definition) is 8. The molecule has 178 valence electrons. The highest BCUT2D eigenvalue weighted by molar-refractivity contribution is 7.91. The van der Waals surface area contributed by atoms with E-state index in [1.54, 1.807) is 0 Å². The molecule has 1 aromatic heterocycles. The Morgan fingerprint density at radius 2 is 1.79 bits per heavy atom. The summed E-state index contributed by atoms with van der Waals surface area (Å²) in [4.78, 5) is 14.1. The van der Waals surface area contributed by atoms with Crippen LogP contribution in [0.2, 0.25) is 0 Å². The number of hydrogen-bond donors (Lipinski definition) is 1. The highest BCUT2D eigenvalue weighted by atomic mass is 32.2. The van der Waals surface area contributed by atoms with Crippen molar-refractivity contribution in [1.82, 2.24) is 24.7 Å². The van der Waals surface area contributed by atoms with E-state index in [-0.39, 0.29) is 5.95 Å². The molecule has 0 unspecified atom stereocenters. The SMILES string of the molecule is Cn1nnc(N(C2CCOCC2)S(=O)(=O)N([O-])C(=O)Nc2c3c(cc4c2CCC4)CCC3)n1. The number of aromatic nitrogens is 4. The Labute approximate surface area is 191 Å². The molecule has 2 amide bonds. The van der Waals surface area contributed by atoms with Gasteiger partial charge in [-0.15, -0.1) is 5.10 Å². The Balaban J connectivity index is 1.45. The summed E-state index contributed by atoms with van der Waals surface area (Å²) >= 11 is 0. The van der Waals surface area contributed by atoms with Gasteiger partial charge in [0.25, 0.3) is 5.95 Å². The van der Waals surface area contributed by atoms with Crippen LogP contribution in [0.4, 0.5) is 16.4 Å². The van der Waals surface area contributed by atoms with Crippen molar-refractivity contribution in [3.63, 3.8) is 0 Å². The van der Waals surface area contributed by atoms with E-state index < -0.39 is 26.8 Å². The first-order chi connectivity index (χ1) is 15.9. The lowest BCUT2D eigenvalue weighted by molar-refractivity contribution is 0.0872. The number of anilines is 2. The van der Waals surface area contributed by atoms with Gasteiger partial charge in [-0.25, -0.2) is 9.10 Å². The fraction of sp³-hybridized carbons (Fsp3) is 0.600. The van der Waals surface area contributed by atoms with Crippen molar-refractivity contribution in [2.45, 2.75) is 57.4 Å². The van der Waals surface area contributed by atoms with Gasteiger partial charge in [0.2, 0.25) is 0 Å². The van der Waals surface area contributed by atoms with E-state index in [1.807, 2.05) is 0 Å². The van der Waals surface area contributed by atoms with Gasteiger partial charge < -0.3 is 15.3 Å². The third-order valence-corrected chi connectivity index (χ3v) is 8.09. The summed E-state index contributed by atoms with van der Waals surface area (Å²) in [5, 5.41) is 27.1. The second-order valence-corrected chi connectivity index (χ2v) is 10.2. The molecule has 1 aromatic carbocycles. The number of nitrogens with zero attached hydrogens (tertiary/aromatic N) is 6. The van der Waals surface area contributed by atoms with Crippen molar-refractivity contribution in [3.8, 4) is 0 Å². The summed E-state index contributed by atoms with van der Waals surface area (Å²) < 4.78 is 32.3. The number of ether oxygens (including phenoxy) is 1. The highest BCUT2D eigenvalue weighted by Gasteiger charge is 2.38. The number of hydroxylamine groups is 1. The minimum absolute atomic E-state index is 0.250. The summed E-state index contributed by atoms with van der Waals surface area (Å²) in [6, 6.07) is 0.325. The number of aryl methyl sites for hydroxylation is 3. The first-order valence-electron chi connectivity index (χ1n) is 11.2. The lowest BCUT2D eigenvalue weighted by Gasteiger charge is -2.38. The minimum atomic E-state index is -4.82. The third kappa shape index (κ3) is 3.93. The van der Waals surface area contributed by atoms with Gasteiger partial charge >= 0.3 is 16.2 Å². The molecule has 3 aliphatic rings. The van der Waals surface area contributed by atoms with Crippen molar-refractivity contribution in [1.29, 1.82) is 0 Å². The maximum atomic E-state index is 13.4. The predicted octanol–water partition coefficient (Wildman–Crippen LogP) is 1.45. The molecule has 0 bridgehead atoms. The molecule has 2 aliphatic carbocycles. The van der Waals surface area contributed by atoms with Crippen molar-refractivity contribution < 1.29 is 17.9 Å². The van der Waals surface area contributed by atoms with E-state index in [4.69, 9.17) is 4.74 Å². The van der Waals surface area contributed by atoms with E-state index in [0.717, 1.165) is 58.8 Å². The van der Waals surface area contributed by atoms with Crippen LogP contribution in [-0.4, -0.2) is 58.4 Å². The Hall–Kier alpha value is -2.77. The van der Waals surface area contributed by atoms with Gasteiger partial charge in [0, 0.05) is 18.9 Å². The zero-order chi connectivity index (χ0) is 23.2. The molecule has 1 N–H and O–H groups in total. The van der Waals surface area contributed by atoms with Crippen molar-refractivity contribution in [3.05, 3.63) is 33.5 Å². The smallest absolute Gasteiger partial charge is 0.326 e. The number of carbonyl (C=O) groups excluding carboxylic acids is 1. The highest BCUT2D eigenvalue weighted by Crippen LogP contribution is 2.39. The fourth-order valence-corrected chi connectivity index (χ4v) is 6.32. The largest absolute Gasteiger partial charge is 0.740 e. The number of carbonyl (C=O) groups is 1. The summed E-state index contributed by atoms with van der Waals surface area (Å²) in [7, 11) is -3.33. The molecule has 1 saturated heterocycles. The number of benzene rings is 1. The zero-order valence-electron chi connectivity index (χ0n) is 18.4. The van der Waals surface area contributed by atoms with Gasteiger partial charge in [-0.2, -0.15) is 13.2 Å². The van der Waals surface area contributed by atoms with Crippen LogP contribution in [0, 0.1) is 5.21 Å². The van der Waals surface area contributed by atoms with Gasteiger partial charge in [-0.05, 0) is 78.8 Å². The summed E-state index contributed by atoms with van der Waals surface area (Å²) in [6.07, 6.45) is 6.04. The number of nitrogens with one attached hydrogen (secondary N) is 1. The van der Waals surface area contributed by atoms with Gasteiger partial charge in [-0.3, -0.25) is 4.47 Å². The lowest BCUT2D eigenvalue weighted by atomic mass is 9.99. The number of tetrazole rings is 1. The monoisotopic (exact) mass is 476 g/mol. The molecule has 5 rings (SSSR count). The van der Waals surface area contributed by atoms with Crippen LogP contribution in [0.5, 0.6) is 0 Å². The quantitative estimate of drug-likeness (QED) is 0.638. The molecule has 0 radical (unpaired) electrons. The van der Waals surface area contributed by atoms with Crippen LogP contribution in [0.3, 0.4) is 0 Å². The lowest BCUT2D eigenvalue weighted by Crippen LogP contribution is -2.51. The Morgan fingerprint density at radius 1 is 1.15 bits per heavy atom. The predicted molar refractivity (Wildman–Crippen MR) is 119 cm³/mol. The van der Waals surface area contributed by atoms with Crippen LogP contribution in [0.15, 0.2) is 6.07 Å². The molecule has 0 saturated carbocycles. The van der Waals surface area contributed by atoms with Gasteiger partial charge in [0.1, 0.15) is 0 Å². The van der Waals surface area contributed by atoms with Gasteiger partial charge in [0.15, 0.2) is 0 Å². The topological polar surface area (TPSA) is 146 Å². The molecule has 33 heavy (non-hydrogen) atoms. The van der Waals surface area contributed by atoms with E-state index in [9.17, 15) is 18.4 Å². The van der Waals surface area contributed by atoms with Gasteiger partial charge in [0.05, 0.1) is 13.1 Å². The van der Waals surface area contributed by atoms with Crippen LogP contribution in [-0.2, 0) is 47.7 Å². The maximum absolute atomic E-state index is 13.4. The van der Waals surface area contributed by atoms with Crippen LogP contribution in [0.25, 0.3) is 0 Å². The molecule has 1 fully saturated rings. The van der Waals surface area contributed by atoms with E-state index in [1.165, 1.54) is 18.2 Å². The molecule has 2 heterocycles. The van der Waals surface area contributed by atoms with Crippen LogP contribution >= 0.6 is 0 Å². The number of urea groups is 1. The standard InChI is InChI=1S/C20H26N7O5S/c1-25-23-19(22-24-25)26(15-8-10-32-11-9-15)33(30,31)27(29)20(28)21-18-16-6-2-4-13(16)12-14-5-3-7-17(14)18/h12,15H,2-11H2,1H3,(H,21,28)/q-1. The molecular formula is C20H26N7O5S-. The first-order valence-corrected chi connectivity index (χ1v) is 12.6. The molecule has 0 atom stereocenters. The van der Waals surface area contributed by atoms with Gasteiger partial charge in [-0.1, -0.05) is 11.2 Å². The average Bonchev–Trinajstić information content (AvgIpc) is 3.55. The van der Waals surface area contributed by atoms with Crippen molar-refractivity contribution in [2.75, 3.05) is 22.8 Å². The van der Waals surface area contributed by atoms with E-state index in [0.29, 0.717) is 31.7 Å². The molecule has 2 aromatic rings. The van der Waals surface area contributed by atoms with Crippen LogP contribution < -0.4 is 9.62 Å².